The number of hydrazone groups is 2. The highest BCUT2D eigenvalue weighted by molar-refractivity contribution is 8.17. The first-order valence-corrected chi connectivity index (χ1v) is 11.1. The van der Waals surface area contributed by atoms with Crippen LogP contribution < -0.4 is 10.0 Å². The number of para-hydroxylation sites is 2. The molecule has 154 valence electrons. The zero-order chi connectivity index (χ0) is 21.6. The van der Waals surface area contributed by atoms with Crippen molar-refractivity contribution in [2.24, 2.45) is 10.2 Å². The van der Waals surface area contributed by atoms with E-state index in [1.807, 2.05) is 83.7 Å². The number of rotatable bonds is 3. The standard InChI is InChI=1S/C24H19ClN4OS/c1-16-19-12-6-7-13-20(19)24(28(26-16)18-10-4-3-5-11-18)29(27-23(31-24)17(2)30)22-15-9-8-14-21(22)25/h3-15H,1-2H3/t24-/m0/s1. The van der Waals surface area contributed by atoms with E-state index < -0.39 is 4.99 Å². The van der Waals surface area contributed by atoms with Gasteiger partial charge in [0.05, 0.1) is 22.1 Å². The van der Waals surface area contributed by atoms with Gasteiger partial charge in [-0.25, -0.2) is 10.0 Å². The fourth-order valence-electron chi connectivity index (χ4n) is 3.91. The van der Waals surface area contributed by atoms with E-state index in [1.54, 1.807) is 0 Å². The summed E-state index contributed by atoms with van der Waals surface area (Å²) >= 11 is 8.01. The molecule has 0 fully saturated rings. The molecule has 0 radical (unpaired) electrons. The van der Waals surface area contributed by atoms with Crippen molar-refractivity contribution in [3.63, 3.8) is 0 Å². The zero-order valence-corrected chi connectivity index (χ0v) is 18.6. The zero-order valence-electron chi connectivity index (χ0n) is 17.0. The predicted molar refractivity (Wildman–Crippen MR) is 129 cm³/mol. The molecule has 0 bridgehead atoms. The number of fused-ring (bicyclic) bond motifs is 2. The normalized spacial score (nSPS) is 19.8. The van der Waals surface area contributed by atoms with Crippen LogP contribution in [0.1, 0.15) is 25.0 Å². The topological polar surface area (TPSA) is 48.3 Å². The van der Waals surface area contributed by atoms with Crippen LogP contribution in [0.5, 0.6) is 0 Å². The highest BCUT2D eigenvalue weighted by atomic mass is 35.5. The Kier molecular flexibility index (Phi) is 4.84. The van der Waals surface area contributed by atoms with Gasteiger partial charge in [-0.2, -0.15) is 10.2 Å². The summed E-state index contributed by atoms with van der Waals surface area (Å²) in [5.74, 6) is -0.101. The van der Waals surface area contributed by atoms with Crippen LogP contribution in [0.2, 0.25) is 5.02 Å². The molecule has 5 rings (SSSR count). The molecule has 31 heavy (non-hydrogen) atoms. The fourth-order valence-corrected chi connectivity index (χ4v) is 5.41. The molecule has 2 heterocycles. The number of ketones is 1. The third-order valence-corrected chi connectivity index (χ3v) is 7.04. The molecule has 0 saturated carbocycles. The number of carbonyl (C=O) groups excluding carboxylic acids is 1. The number of anilines is 2. The molecule has 0 unspecified atom stereocenters. The Bertz CT molecular complexity index is 1240. The van der Waals surface area contributed by atoms with Gasteiger partial charge >= 0.3 is 0 Å². The van der Waals surface area contributed by atoms with E-state index >= 15 is 0 Å². The lowest BCUT2D eigenvalue weighted by molar-refractivity contribution is -0.110. The molecule has 7 heteroatoms. The smallest absolute Gasteiger partial charge is 0.234 e. The predicted octanol–water partition coefficient (Wildman–Crippen LogP) is 5.85. The molecular formula is C24H19ClN4OS. The third-order valence-electron chi connectivity index (χ3n) is 5.30. The number of Topliss-reactive ketones (excluding diaryl/α,β-unsaturated/α-hetero) is 1. The average Bonchev–Trinajstić information content (AvgIpc) is 3.19. The molecule has 0 saturated heterocycles. The maximum Gasteiger partial charge on any atom is 0.234 e. The summed E-state index contributed by atoms with van der Waals surface area (Å²) in [6.07, 6.45) is 0. The minimum atomic E-state index is -0.941. The van der Waals surface area contributed by atoms with Gasteiger partial charge in [-0.05, 0) is 43.0 Å². The average molecular weight is 447 g/mol. The van der Waals surface area contributed by atoms with E-state index in [-0.39, 0.29) is 5.78 Å². The van der Waals surface area contributed by atoms with Crippen molar-refractivity contribution in [2.75, 3.05) is 10.0 Å². The highest BCUT2D eigenvalue weighted by Crippen LogP contribution is 2.55. The highest BCUT2D eigenvalue weighted by Gasteiger charge is 2.55. The van der Waals surface area contributed by atoms with Gasteiger partial charge in [0.2, 0.25) is 4.99 Å². The molecular weight excluding hydrogens is 428 g/mol. The lowest BCUT2D eigenvalue weighted by Crippen LogP contribution is -2.53. The Hall–Kier alpha value is -3.09. The van der Waals surface area contributed by atoms with Crippen LogP contribution in [0, 0.1) is 0 Å². The number of nitrogens with zero attached hydrogens (tertiary/aromatic N) is 4. The fraction of sp³-hybridized carbons (Fsp3) is 0.125. The van der Waals surface area contributed by atoms with Crippen molar-refractivity contribution in [1.82, 2.24) is 0 Å². The summed E-state index contributed by atoms with van der Waals surface area (Å²) in [5.41, 5.74) is 4.50. The lowest BCUT2D eigenvalue weighted by Gasteiger charge is -2.47. The van der Waals surface area contributed by atoms with Crippen LogP contribution in [0.3, 0.4) is 0 Å². The summed E-state index contributed by atoms with van der Waals surface area (Å²) in [6, 6.07) is 25.6. The maximum absolute atomic E-state index is 12.5. The van der Waals surface area contributed by atoms with Crippen LogP contribution in [-0.2, 0) is 9.79 Å². The van der Waals surface area contributed by atoms with Crippen molar-refractivity contribution < 1.29 is 4.79 Å². The minimum absolute atomic E-state index is 0.101. The molecule has 0 N–H and O–H groups in total. The minimum Gasteiger partial charge on any atom is -0.292 e. The Morgan fingerprint density at radius 2 is 1.58 bits per heavy atom. The monoisotopic (exact) mass is 446 g/mol. The molecule has 3 aromatic rings. The second kappa shape index (κ2) is 7.55. The van der Waals surface area contributed by atoms with Crippen LogP contribution >= 0.6 is 23.4 Å². The first-order chi connectivity index (χ1) is 15.0. The van der Waals surface area contributed by atoms with Gasteiger partial charge in [0.1, 0.15) is 0 Å². The van der Waals surface area contributed by atoms with Gasteiger partial charge in [-0.3, -0.25) is 4.79 Å². The number of halogens is 1. The molecule has 5 nitrogen and oxygen atoms in total. The van der Waals surface area contributed by atoms with Gasteiger partial charge in [-0.1, -0.05) is 66.2 Å². The van der Waals surface area contributed by atoms with Gasteiger partial charge in [-0.15, -0.1) is 0 Å². The number of hydrogen-bond acceptors (Lipinski definition) is 6. The molecule has 0 aromatic heterocycles. The Morgan fingerprint density at radius 3 is 2.32 bits per heavy atom. The lowest BCUT2D eigenvalue weighted by atomic mass is 9.98. The van der Waals surface area contributed by atoms with E-state index in [4.69, 9.17) is 21.8 Å². The molecule has 1 spiro atoms. The molecule has 2 aliphatic heterocycles. The third kappa shape index (κ3) is 3.06. The first kappa shape index (κ1) is 19.8. The molecule has 0 aliphatic carbocycles. The summed E-state index contributed by atoms with van der Waals surface area (Å²) in [5, 5.41) is 14.5. The van der Waals surface area contributed by atoms with Gasteiger partial charge in [0, 0.05) is 18.1 Å². The quantitative estimate of drug-likeness (QED) is 0.506. The van der Waals surface area contributed by atoms with E-state index in [2.05, 4.69) is 12.1 Å². The first-order valence-electron chi connectivity index (χ1n) is 9.86. The molecule has 0 amide bonds. The van der Waals surface area contributed by atoms with Gasteiger partial charge < -0.3 is 0 Å². The van der Waals surface area contributed by atoms with E-state index in [9.17, 15) is 4.79 Å². The Morgan fingerprint density at radius 1 is 0.903 bits per heavy atom. The van der Waals surface area contributed by atoms with Crippen molar-refractivity contribution in [2.45, 2.75) is 18.8 Å². The van der Waals surface area contributed by atoms with E-state index in [0.717, 1.165) is 22.5 Å². The van der Waals surface area contributed by atoms with Crippen molar-refractivity contribution in [1.29, 1.82) is 0 Å². The number of carbonyl (C=O) groups is 1. The summed E-state index contributed by atoms with van der Waals surface area (Å²) in [7, 11) is 0. The summed E-state index contributed by atoms with van der Waals surface area (Å²) in [6.45, 7) is 3.53. The van der Waals surface area contributed by atoms with E-state index in [1.165, 1.54) is 18.7 Å². The van der Waals surface area contributed by atoms with E-state index in [0.29, 0.717) is 15.8 Å². The van der Waals surface area contributed by atoms with Crippen LogP contribution in [0.15, 0.2) is 89.1 Å². The van der Waals surface area contributed by atoms with Crippen molar-refractivity contribution in [3.8, 4) is 0 Å². The Balaban J connectivity index is 1.84. The number of hydrogen-bond donors (Lipinski definition) is 0. The molecule has 1 atom stereocenters. The molecule has 2 aliphatic rings. The maximum atomic E-state index is 12.5. The summed E-state index contributed by atoms with van der Waals surface area (Å²) < 4.78 is 0. The summed E-state index contributed by atoms with van der Waals surface area (Å²) in [4.78, 5) is 11.5. The largest absolute Gasteiger partial charge is 0.292 e. The van der Waals surface area contributed by atoms with Crippen molar-refractivity contribution >= 4 is 51.3 Å². The molecule has 3 aromatic carbocycles. The van der Waals surface area contributed by atoms with Crippen LogP contribution in [0.4, 0.5) is 11.4 Å². The van der Waals surface area contributed by atoms with Crippen molar-refractivity contribution in [3.05, 3.63) is 95.0 Å². The van der Waals surface area contributed by atoms with Crippen LogP contribution in [-0.4, -0.2) is 16.5 Å². The number of benzene rings is 3. The second-order valence-electron chi connectivity index (χ2n) is 7.31. The Labute approximate surface area is 190 Å². The number of thioether (sulfide) groups is 1. The SMILES string of the molecule is CC(=O)C1=NN(c2ccccc2Cl)[C@]2(S1)c1ccccc1C(C)=NN2c1ccccc1. The second-order valence-corrected chi connectivity index (χ2v) is 8.88. The van der Waals surface area contributed by atoms with Gasteiger partial charge in [0.25, 0.3) is 0 Å². The van der Waals surface area contributed by atoms with Crippen LogP contribution in [0.25, 0.3) is 0 Å². The van der Waals surface area contributed by atoms with Gasteiger partial charge in [0.15, 0.2) is 10.8 Å².